The van der Waals surface area contributed by atoms with Crippen LogP contribution in [0, 0.1) is 0 Å². The first-order valence-electron chi connectivity index (χ1n) is 10.4. The number of hydrogen-bond acceptors (Lipinski definition) is 6. The van der Waals surface area contributed by atoms with Gasteiger partial charge in [0.25, 0.3) is 0 Å². The van der Waals surface area contributed by atoms with E-state index in [1.165, 1.54) is 23.8 Å². The van der Waals surface area contributed by atoms with Crippen molar-refractivity contribution in [1.29, 1.82) is 0 Å². The molecule has 8 nitrogen and oxygen atoms in total. The van der Waals surface area contributed by atoms with E-state index in [1.807, 2.05) is 6.07 Å². The van der Waals surface area contributed by atoms with Gasteiger partial charge in [0.05, 0.1) is 19.9 Å². The summed E-state index contributed by atoms with van der Waals surface area (Å²) in [5.74, 6) is -0.501. The van der Waals surface area contributed by atoms with Crippen LogP contribution in [0.3, 0.4) is 0 Å². The quantitative estimate of drug-likeness (QED) is 0.602. The van der Waals surface area contributed by atoms with Crippen LogP contribution >= 0.6 is 0 Å². The SMILES string of the molecule is COC(=O)c1cn([C@H]2CO[C@H]3[C@@H]2OC[C@@H]3[NH2+]Cc2ccc(-c3ccccc3)cc2)nn1. The van der Waals surface area contributed by atoms with Crippen LogP contribution in [0.5, 0.6) is 0 Å². The molecular formula is C23H25N4O4+. The Morgan fingerprint density at radius 2 is 1.81 bits per heavy atom. The first-order valence-corrected chi connectivity index (χ1v) is 10.4. The van der Waals surface area contributed by atoms with Gasteiger partial charge in [-0.05, 0) is 11.1 Å². The fourth-order valence-corrected chi connectivity index (χ4v) is 4.33. The van der Waals surface area contributed by atoms with Crippen LogP contribution in [0.4, 0.5) is 0 Å². The van der Waals surface area contributed by atoms with Gasteiger partial charge in [0, 0.05) is 5.56 Å². The number of carbonyl (C=O) groups is 1. The molecule has 2 aliphatic rings. The fourth-order valence-electron chi connectivity index (χ4n) is 4.33. The van der Waals surface area contributed by atoms with Crippen LogP contribution in [-0.2, 0) is 20.8 Å². The smallest absolute Gasteiger partial charge is 0.360 e. The zero-order valence-electron chi connectivity index (χ0n) is 17.3. The third-order valence-electron chi connectivity index (χ3n) is 6.03. The number of benzene rings is 2. The van der Waals surface area contributed by atoms with Gasteiger partial charge in [-0.25, -0.2) is 9.48 Å². The van der Waals surface area contributed by atoms with Gasteiger partial charge < -0.3 is 19.5 Å². The molecule has 0 unspecified atom stereocenters. The van der Waals surface area contributed by atoms with Crippen molar-refractivity contribution >= 4 is 5.97 Å². The van der Waals surface area contributed by atoms with Crippen molar-refractivity contribution in [2.75, 3.05) is 20.3 Å². The lowest BCUT2D eigenvalue weighted by Gasteiger charge is -2.15. The number of aromatic nitrogens is 3. The second kappa shape index (κ2) is 8.58. The zero-order chi connectivity index (χ0) is 21.2. The second-order valence-corrected chi connectivity index (χ2v) is 7.91. The Bertz CT molecular complexity index is 1040. The van der Waals surface area contributed by atoms with Crippen LogP contribution in [0.1, 0.15) is 22.1 Å². The van der Waals surface area contributed by atoms with Gasteiger partial charge in [0.15, 0.2) is 5.69 Å². The van der Waals surface area contributed by atoms with Crippen molar-refractivity contribution in [3.63, 3.8) is 0 Å². The highest BCUT2D eigenvalue weighted by Gasteiger charge is 2.50. The number of ether oxygens (including phenoxy) is 3. The molecule has 0 aliphatic carbocycles. The summed E-state index contributed by atoms with van der Waals surface area (Å²) in [5, 5.41) is 10.2. The van der Waals surface area contributed by atoms with E-state index in [0.717, 1.165) is 6.54 Å². The number of nitrogens with zero attached hydrogens (tertiary/aromatic N) is 3. The fraction of sp³-hybridized carbons (Fsp3) is 0.348. The number of rotatable bonds is 6. The summed E-state index contributed by atoms with van der Waals surface area (Å²) in [4.78, 5) is 11.6. The highest BCUT2D eigenvalue weighted by atomic mass is 16.6. The lowest BCUT2D eigenvalue weighted by atomic mass is 10.0. The van der Waals surface area contributed by atoms with Gasteiger partial charge in [-0.1, -0.05) is 59.8 Å². The van der Waals surface area contributed by atoms with Crippen molar-refractivity contribution in [1.82, 2.24) is 15.0 Å². The predicted molar refractivity (Wildman–Crippen MR) is 111 cm³/mol. The molecule has 160 valence electrons. The van der Waals surface area contributed by atoms with Gasteiger partial charge in [-0.15, -0.1) is 5.10 Å². The maximum absolute atomic E-state index is 11.6. The normalized spacial score (nSPS) is 24.8. The molecule has 3 aromatic rings. The van der Waals surface area contributed by atoms with E-state index in [4.69, 9.17) is 14.2 Å². The Morgan fingerprint density at radius 3 is 2.58 bits per heavy atom. The van der Waals surface area contributed by atoms with Gasteiger partial charge in [-0.3, -0.25) is 0 Å². The highest BCUT2D eigenvalue weighted by Crippen LogP contribution is 2.33. The Labute approximate surface area is 180 Å². The standard InChI is InChI=1S/C23H24N4O4/c1-29-23(28)18-12-27(26-25-18)20-14-31-21-19(13-30-22(20)21)24-11-15-7-9-17(10-8-15)16-5-3-2-4-6-16/h2-10,12,19-22,24H,11,13-14H2,1H3/p+1/t19-,20-,21+,22+/m0/s1. The average Bonchev–Trinajstić information content (AvgIpc) is 3.55. The molecule has 5 rings (SSSR count). The Hall–Kier alpha value is -3.07. The van der Waals surface area contributed by atoms with Crippen molar-refractivity contribution < 1.29 is 24.3 Å². The molecule has 2 N–H and O–H groups in total. The minimum Gasteiger partial charge on any atom is -0.464 e. The van der Waals surface area contributed by atoms with E-state index in [0.29, 0.717) is 13.2 Å². The lowest BCUT2D eigenvalue weighted by Crippen LogP contribution is -2.91. The number of methoxy groups -OCH3 is 1. The first-order chi connectivity index (χ1) is 15.2. The monoisotopic (exact) mass is 421 g/mol. The predicted octanol–water partition coefficient (Wildman–Crippen LogP) is 1.20. The molecule has 0 radical (unpaired) electrons. The first kappa shape index (κ1) is 19.9. The molecule has 4 atom stereocenters. The zero-order valence-corrected chi connectivity index (χ0v) is 17.3. The lowest BCUT2D eigenvalue weighted by molar-refractivity contribution is -0.707. The molecule has 2 fully saturated rings. The van der Waals surface area contributed by atoms with Crippen molar-refractivity contribution in [2.45, 2.75) is 30.8 Å². The minimum atomic E-state index is -0.501. The maximum Gasteiger partial charge on any atom is 0.360 e. The summed E-state index contributed by atoms with van der Waals surface area (Å²) in [6.45, 7) is 1.96. The molecule has 2 aliphatic heterocycles. The largest absolute Gasteiger partial charge is 0.464 e. The molecule has 0 saturated carbocycles. The number of fused-ring (bicyclic) bond motifs is 1. The van der Waals surface area contributed by atoms with Crippen molar-refractivity contribution in [3.05, 3.63) is 72.1 Å². The van der Waals surface area contributed by atoms with Crippen molar-refractivity contribution in [2.24, 2.45) is 0 Å². The topological polar surface area (TPSA) is 92.1 Å². The molecule has 0 bridgehead atoms. The molecule has 8 heteroatoms. The van der Waals surface area contributed by atoms with E-state index < -0.39 is 5.97 Å². The third kappa shape index (κ3) is 3.97. The Balaban J connectivity index is 1.19. The van der Waals surface area contributed by atoms with Crippen LogP contribution in [-0.4, -0.2) is 59.5 Å². The van der Waals surface area contributed by atoms with Crippen LogP contribution in [0.15, 0.2) is 60.8 Å². The van der Waals surface area contributed by atoms with Crippen LogP contribution < -0.4 is 5.32 Å². The number of esters is 1. The average molecular weight is 421 g/mol. The van der Waals surface area contributed by atoms with E-state index in [2.05, 4.69) is 64.2 Å². The highest BCUT2D eigenvalue weighted by molar-refractivity contribution is 5.86. The summed E-state index contributed by atoms with van der Waals surface area (Å²) in [6.07, 6.45) is 1.48. The van der Waals surface area contributed by atoms with Crippen LogP contribution in [0.25, 0.3) is 11.1 Å². The van der Waals surface area contributed by atoms with E-state index in [1.54, 1.807) is 10.9 Å². The van der Waals surface area contributed by atoms with E-state index >= 15 is 0 Å². The van der Waals surface area contributed by atoms with Crippen LogP contribution in [0.2, 0.25) is 0 Å². The molecule has 31 heavy (non-hydrogen) atoms. The van der Waals surface area contributed by atoms with Gasteiger partial charge in [0.1, 0.15) is 37.4 Å². The minimum absolute atomic E-state index is 0.0145. The van der Waals surface area contributed by atoms with Gasteiger partial charge >= 0.3 is 5.97 Å². The van der Waals surface area contributed by atoms with E-state index in [-0.39, 0.29) is 30.0 Å². The molecule has 3 heterocycles. The number of quaternary nitrogens is 1. The number of carbonyl (C=O) groups excluding carboxylic acids is 1. The molecular weight excluding hydrogens is 396 g/mol. The maximum atomic E-state index is 11.6. The molecule has 2 aromatic carbocycles. The summed E-state index contributed by atoms with van der Waals surface area (Å²) < 4.78 is 18.5. The summed E-state index contributed by atoms with van der Waals surface area (Å²) in [5.41, 5.74) is 3.89. The third-order valence-corrected chi connectivity index (χ3v) is 6.03. The molecule has 0 spiro atoms. The van der Waals surface area contributed by atoms with Gasteiger partial charge in [-0.2, -0.15) is 0 Å². The second-order valence-electron chi connectivity index (χ2n) is 7.91. The van der Waals surface area contributed by atoms with Crippen molar-refractivity contribution in [3.8, 4) is 11.1 Å². The summed E-state index contributed by atoms with van der Waals surface area (Å²) in [6, 6.07) is 19.2. The summed E-state index contributed by atoms with van der Waals surface area (Å²) in [7, 11) is 1.33. The Kier molecular flexibility index (Phi) is 5.50. The Morgan fingerprint density at radius 1 is 1.06 bits per heavy atom. The van der Waals surface area contributed by atoms with E-state index in [9.17, 15) is 4.79 Å². The van der Waals surface area contributed by atoms with Gasteiger partial charge in [0.2, 0.25) is 0 Å². The molecule has 0 amide bonds. The summed E-state index contributed by atoms with van der Waals surface area (Å²) >= 11 is 0. The molecule has 1 aromatic heterocycles. The number of hydrogen-bond donors (Lipinski definition) is 1. The molecule has 2 saturated heterocycles. The number of nitrogens with two attached hydrogens (primary N) is 1.